The van der Waals surface area contributed by atoms with Crippen LogP contribution in [0.4, 0.5) is 0 Å². The Morgan fingerprint density at radius 3 is 2.74 bits per heavy atom. The third kappa shape index (κ3) is 3.73. The van der Waals surface area contributed by atoms with Gasteiger partial charge in [-0.25, -0.2) is 0 Å². The second-order valence-electron chi connectivity index (χ2n) is 3.42. The van der Waals surface area contributed by atoms with E-state index in [4.69, 9.17) is 14.7 Å². The molecule has 1 rings (SSSR count). The number of carboxylic acids is 1. The standard InChI is InChI=1S/C13H12BrNO4/c1-3-19-12-10(14)5-8(6-11(12)18-2)4-9(7-15)13(16)17/h4-6H,3H2,1-2H3,(H,16,17)/p-1/b9-4+. The number of nitriles is 1. The summed E-state index contributed by atoms with van der Waals surface area (Å²) in [4.78, 5) is 10.7. The monoisotopic (exact) mass is 324 g/mol. The molecule has 1 aromatic rings. The van der Waals surface area contributed by atoms with E-state index in [-0.39, 0.29) is 0 Å². The van der Waals surface area contributed by atoms with Crippen LogP contribution in [0.25, 0.3) is 6.08 Å². The summed E-state index contributed by atoms with van der Waals surface area (Å²) in [7, 11) is 1.47. The van der Waals surface area contributed by atoms with Crippen molar-refractivity contribution in [3.8, 4) is 17.6 Å². The van der Waals surface area contributed by atoms with Gasteiger partial charge in [0.1, 0.15) is 6.07 Å². The van der Waals surface area contributed by atoms with Crippen LogP contribution in [0.1, 0.15) is 12.5 Å². The fourth-order valence-corrected chi connectivity index (χ4v) is 1.99. The molecule has 0 atom stereocenters. The molecule has 0 aliphatic heterocycles. The molecule has 1 aromatic carbocycles. The van der Waals surface area contributed by atoms with Gasteiger partial charge in [-0.1, -0.05) is 0 Å². The van der Waals surface area contributed by atoms with E-state index in [2.05, 4.69) is 15.9 Å². The molecule has 0 spiro atoms. The minimum Gasteiger partial charge on any atom is -0.544 e. The minimum absolute atomic E-state index is 0.443. The van der Waals surface area contributed by atoms with E-state index >= 15 is 0 Å². The normalized spacial score (nSPS) is 10.7. The first-order chi connectivity index (χ1) is 9.03. The number of aliphatic carboxylic acids is 1. The number of carboxylic acid groups (broad SMARTS) is 1. The Balaban J connectivity index is 3.30. The molecule has 0 fully saturated rings. The van der Waals surface area contributed by atoms with Gasteiger partial charge < -0.3 is 19.4 Å². The first-order valence-electron chi connectivity index (χ1n) is 5.37. The van der Waals surface area contributed by atoms with Gasteiger partial charge in [0.15, 0.2) is 11.5 Å². The van der Waals surface area contributed by atoms with Gasteiger partial charge in [0.25, 0.3) is 0 Å². The molecule has 0 aliphatic carbocycles. The predicted octanol–water partition coefficient (Wildman–Crippen LogP) is 1.51. The summed E-state index contributed by atoms with van der Waals surface area (Å²) in [5.41, 5.74) is 0.0334. The van der Waals surface area contributed by atoms with Crippen molar-refractivity contribution in [2.24, 2.45) is 0 Å². The molecule has 0 heterocycles. The Kier molecular flexibility index (Phi) is 5.39. The molecule has 0 aliphatic rings. The summed E-state index contributed by atoms with van der Waals surface area (Å²) in [6.07, 6.45) is 1.21. The highest BCUT2D eigenvalue weighted by molar-refractivity contribution is 9.10. The highest BCUT2D eigenvalue weighted by atomic mass is 79.9. The Labute approximate surface area is 119 Å². The minimum atomic E-state index is -1.52. The van der Waals surface area contributed by atoms with E-state index < -0.39 is 11.5 Å². The summed E-state index contributed by atoms with van der Waals surface area (Å²) in [6.45, 7) is 2.30. The van der Waals surface area contributed by atoms with Crippen molar-refractivity contribution in [3.05, 3.63) is 27.7 Å². The van der Waals surface area contributed by atoms with Crippen LogP contribution in [0.15, 0.2) is 22.2 Å². The first kappa shape index (κ1) is 15.1. The van der Waals surface area contributed by atoms with Crippen molar-refractivity contribution in [1.29, 1.82) is 5.26 Å². The third-order valence-corrected chi connectivity index (χ3v) is 2.78. The Bertz CT molecular complexity index is 560. The van der Waals surface area contributed by atoms with E-state index in [1.165, 1.54) is 13.2 Å². The van der Waals surface area contributed by atoms with Crippen molar-refractivity contribution in [3.63, 3.8) is 0 Å². The summed E-state index contributed by atoms with van der Waals surface area (Å²) in [5, 5.41) is 19.4. The smallest absolute Gasteiger partial charge is 0.175 e. The zero-order valence-corrected chi connectivity index (χ0v) is 12.0. The van der Waals surface area contributed by atoms with E-state index in [0.29, 0.717) is 28.1 Å². The van der Waals surface area contributed by atoms with Gasteiger partial charge in [0.2, 0.25) is 0 Å². The van der Waals surface area contributed by atoms with E-state index in [9.17, 15) is 9.90 Å². The van der Waals surface area contributed by atoms with E-state index in [1.807, 2.05) is 6.92 Å². The quantitative estimate of drug-likeness (QED) is 0.605. The highest BCUT2D eigenvalue weighted by Crippen LogP contribution is 2.37. The van der Waals surface area contributed by atoms with Crippen molar-refractivity contribution < 1.29 is 19.4 Å². The number of methoxy groups -OCH3 is 1. The van der Waals surface area contributed by atoms with Gasteiger partial charge in [-0.05, 0) is 46.6 Å². The molecule has 0 bridgehead atoms. The maximum Gasteiger partial charge on any atom is 0.175 e. The lowest BCUT2D eigenvalue weighted by Crippen LogP contribution is -2.23. The average Bonchev–Trinajstić information content (AvgIpc) is 2.38. The SMILES string of the molecule is CCOc1c(Br)cc(/C=C(\C#N)C(=O)[O-])cc1OC. The molecule has 5 nitrogen and oxygen atoms in total. The van der Waals surface area contributed by atoms with Crippen LogP contribution in [0.3, 0.4) is 0 Å². The molecular weight excluding hydrogens is 314 g/mol. The van der Waals surface area contributed by atoms with Crippen LogP contribution >= 0.6 is 15.9 Å². The summed E-state index contributed by atoms with van der Waals surface area (Å²) >= 11 is 3.31. The summed E-state index contributed by atoms with van der Waals surface area (Å²) in [6, 6.07) is 4.77. The number of carbonyl (C=O) groups excluding carboxylic acids is 1. The molecule has 0 aromatic heterocycles. The number of nitrogens with zero attached hydrogens (tertiary/aromatic N) is 1. The number of rotatable bonds is 5. The van der Waals surface area contributed by atoms with Crippen molar-refractivity contribution in [1.82, 2.24) is 0 Å². The van der Waals surface area contributed by atoms with E-state index in [1.54, 1.807) is 18.2 Å². The first-order valence-corrected chi connectivity index (χ1v) is 6.16. The van der Waals surface area contributed by atoms with Crippen LogP contribution in [-0.2, 0) is 4.79 Å². The lowest BCUT2D eigenvalue weighted by atomic mass is 10.1. The third-order valence-electron chi connectivity index (χ3n) is 2.19. The number of benzene rings is 1. The largest absolute Gasteiger partial charge is 0.544 e. The Morgan fingerprint density at radius 2 is 2.26 bits per heavy atom. The second-order valence-corrected chi connectivity index (χ2v) is 4.28. The second kappa shape index (κ2) is 6.81. The number of ether oxygens (including phenoxy) is 2. The number of hydrogen-bond acceptors (Lipinski definition) is 5. The maximum atomic E-state index is 10.7. The van der Waals surface area contributed by atoms with Crippen molar-refractivity contribution in [2.75, 3.05) is 13.7 Å². The fraction of sp³-hybridized carbons (Fsp3) is 0.231. The molecule has 100 valence electrons. The number of halogens is 1. The van der Waals surface area contributed by atoms with Crippen LogP contribution in [0.5, 0.6) is 11.5 Å². The Hall–Kier alpha value is -2.00. The highest BCUT2D eigenvalue weighted by Gasteiger charge is 2.11. The van der Waals surface area contributed by atoms with Gasteiger partial charge in [-0.15, -0.1) is 0 Å². The van der Waals surface area contributed by atoms with Crippen LogP contribution in [-0.4, -0.2) is 19.7 Å². The number of hydrogen-bond donors (Lipinski definition) is 0. The molecule has 6 heteroatoms. The molecule has 0 amide bonds. The van der Waals surface area contributed by atoms with Crippen LogP contribution in [0, 0.1) is 11.3 Å². The predicted molar refractivity (Wildman–Crippen MR) is 70.5 cm³/mol. The van der Waals surface area contributed by atoms with Crippen LogP contribution < -0.4 is 14.6 Å². The zero-order valence-electron chi connectivity index (χ0n) is 10.4. The fourth-order valence-electron chi connectivity index (χ4n) is 1.41. The molecule has 0 radical (unpaired) electrons. The van der Waals surface area contributed by atoms with Crippen molar-refractivity contribution >= 4 is 28.0 Å². The average molecular weight is 325 g/mol. The van der Waals surface area contributed by atoms with Gasteiger partial charge >= 0.3 is 0 Å². The number of carbonyl (C=O) groups is 1. The molecular formula is C13H11BrNO4-. The summed E-state index contributed by atoms with van der Waals surface area (Å²) in [5.74, 6) is -0.557. The maximum absolute atomic E-state index is 10.7. The van der Waals surface area contributed by atoms with Crippen molar-refractivity contribution in [2.45, 2.75) is 6.92 Å². The van der Waals surface area contributed by atoms with Gasteiger partial charge in [0, 0.05) is 0 Å². The summed E-state index contributed by atoms with van der Waals surface area (Å²) < 4.78 is 11.2. The topological polar surface area (TPSA) is 82.4 Å². The van der Waals surface area contributed by atoms with Gasteiger partial charge in [-0.3, -0.25) is 0 Å². The molecule has 0 saturated heterocycles. The van der Waals surface area contributed by atoms with Gasteiger partial charge in [0.05, 0.1) is 29.7 Å². The lowest BCUT2D eigenvalue weighted by molar-refractivity contribution is -0.298. The van der Waals surface area contributed by atoms with E-state index in [0.717, 1.165) is 0 Å². The Morgan fingerprint density at radius 1 is 1.58 bits per heavy atom. The molecule has 0 N–H and O–H groups in total. The van der Waals surface area contributed by atoms with Crippen LogP contribution in [0.2, 0.25) is 0 Å². The molecule has 19 heavy (non-hydrogen) atoms. The zero-order chi connectivity index (χ0) is 14.4. The molecule has 0 unspecified atom stereocenters. The molecule has 0 saturated carbocycles. The lowest BCUT2D eigenvalue weighted by Gasteiger charge is -2.12. The van der Waals surface area contributed by atoms with Gasteiger partial charge in [-0.2, -0.15) is 5.26 Å².